The molecule has 1 aliphatic rings. The minimum Gasteiger partial charge on any atom is -0.392 e. The SMILES string of the molecule is COCCOCCCNCC(O)CC1CCCC1. The maximum Gasteiger partial charge on any atom is 0.0700 e. The second-order valence-corrected chi connectivity index (χ2v) is 5.20. The molecule has 1 rings (SSSR count). The van der Waals surface area contributed by atoms with Gasteiger partial charge in [-0.3, -0.25) is 0 Å². The standard InChI is InChI=1S/C14H29NO3/c1-17-9-10-18-8-4-7-15-12-14(16)11-13-5-2-3-6-13/h13-16H,2-12H2,1H3. The molecule has 0 aromatic rings. The van der Waals surface area contributed by atoms with Crippen molar-refractivity contribution in [1.82, 2.24) is 5.32 Å². The lowest BCUT2D eigenvalue weighted by molar-refractivity contribution is 0.0688. The first-order chi connectivity index (χ1) is 8.83. The van der Waals surface area contributed by atoms with E-state index in [9.17, 15) is 5.11 Å². The highest BCUT2D eigenvalue weighted by Crippen LogP contribution is 2.28. The Balaban J connectivity index is 1.81. The van der Waals surface area contributed by atoms with E-state index in [1.807, 2.05) is 0 Å². The van der Waals surface area contributed by atoms with Gasteiger partial charge in [0, 0.05) is 20.3 Å². The molecule has 1 unspecified atom stereocenters. The fraction of sp³-hybridized carbons (Fsp3) is 1.00. The van der Waals surface area contributed by atoms with Crippen molar-refractivity contribution in [3.05, 3.63) is 0 Å². The van der Waals surface area contributed by atoms with Gasteiger partial charge in [-0.25, -0.2) is 0 Å². The third-order valence-corrected chi connectivity index (χ3v) is 3.53. The number of hydrogen-bond acceptors (Lipinski definition) is 4. The van der Waals surface area contributed by atoms with Crippen LogP contribution in [0.5, 0.6) is 0 Å². The van der Waals surface area contributed by atoms with Crippen LogP contribution >= 0.6 is 0 Å². The predicted octanol–water partition coefficient (Wildman–Crippen LogP) is 1.57. The van der Waals surface area contributed by atoms with E-state index >= 15 is 0 Å². The molecule has 0 heterocycles. The van der Waals surface area contributed by atoms with Crippen molar-refractivity contribution in [2.75, 3.05) is 40.0 Å². The molecule has 0 radical (unpaired) electrons. The first kappa shape index (κ1) is 15.9. The smallest absolute Gasteiger partial charge is 0.0700 e. The molecule has 0 amide bonds. The fourth-order valence-corrected chi connectivity index (χ4v) is 2.53. The average Bonchev–Trinajstić information content (AvgIpc) is 2.85. The van der Waals surface area contributed by atoms with Crippen molar-refractivity contribution < 1.29 is 14.6 Å². The van der Waals surface area contributed by atoms with Crippen LogP contribution in [0.2, 0.25) is 0 Å². The molecule has 0 aromatic heterocycles. The maximum atomic E-state index is 9.87. The molecule has 0 aliphatic heterocycles. The van der Waals surface area contributed by atoms with E-state index in [-0.39, 0.29) is 6.10 Å². The van der Waals surface area contributed by atoms with Gasteiger partial charge in [-0.2, -0.15) is 0 Å². The van der Waals surface area contributed by atoms with E-state index < -0.39 is 0 Å². The number of hydrogen-bond donors (Lipinski definition) is 2. The lowest BCUT2D eigenvalue weighted by Gasteiger charge is -2.15. The Kier molecular flexibility index (Phi) is 9.48. The predicted molar refractivity (Wildman–Crippen MR) is 72.8 cm³/mol. The quantitative estimate of drug-likeness (QED) is 0.553. The largest absolute Gasteiger partial charge is 0.392 e. The van der Waals surface area contributed by atoms with Crippen molar-refractivity contribution >= 4 is 0 Å². The molecule has 1 aliphatic carbocycles. The lowest BCUT2D eigenvalue weighted by atomic mass is 10.0. The number of nitrogens with one attached hydrogen (secondary N) is 1. The second-order valence-electron chi connectivity index (χ2n) is 5.20. The zero-order valence-electron chi connectivity index (χ0n) is 11.7. The van der Waals surface area contributed by atoms with Crippen molar-refractivity contribution in [2.45, 2.75) is 44.6 Å². The zero-order valence-corrected chi connectivity index (χ0v) is 11.7. The van der Waals surface area contributed by atoms with E-state index in [2.05, 4.69) is 5.32 Å². The van der Waals surface area contributed by atoms with Crippen LogP contribution in [0, 0.1) is 5.92 Å². The second kappa shape index (κ2) is 10.7. The molecule has 0 saturated heterocycles. The minimum atomic E-state index is -0.178. The molecule has 108 valence electrons. The Morgan fingerprint density at radius 3 is 2.72 bits per heavy atom. The van der Waals surface area contributed by atoms with Crippen molar-refractivity contribution in [2.24, 2.45) is 5.92 Å². The van der Waals surface area contributed by atoms with Crippen molar-refractivity contribution in [1.29, 1.82) is 0 Å². The van der Waals surface area contributed by atoms with Gasteiger partial charge in [0.1, 0.15) is 0 Å². The summed E-state index contributed by atoms with van der Waals surface area (Å²) in [7, 11) is 1.68. The van der Waals surface area contributed by atoms with Crippen LogP contribution < -0.4 is 5.32 Å². The van der Waals surface area contributed by atoms with Gasteiger partial charge in [-0.15, -0.1) is 0 Å². The highest BCUT2D eigenvalue weighted by molar-refractivity contribution is 4.72. The van der Waals surface area contributed by atoms with Gasteiger partial charge in [0.05, 0.1) is 19.3 Å². The van der Waals surface area contributed by atoms with Crippen LogP contribution in [0.4, 0.5) is 0 Å². The summed E-state index contributed by atoms with van der Waals surface area (Å²) in [6, 6.07) is 0. The van der Waals surface area contributed by atoms with E-state index in [0.717, 1.165) is 31.9 Å². The fourth-order valence-electron chi connectivity index (χ4n) is 2.53. The number of rotatable bonds is 11. The van der Waals surface area contributed by atoms with Gasteiger partial charge >= 0.3 is 0 Å². The van der Waals surface area contributed by atoms with Gasteiger partial charge in [0.25, 0.3) is 0 Å². The Morgan fingerprint density at radius 2 is 2.00 bits per heavy atom. The van der Waals surface area contributed by atoms with Gasteiger partial charge in [-0.05, 0) is 25.3 Å². The molecule has 4 heteroatoms. The Labute approximate surface area is 111 Å². The number of ether oxygens (including phenoxy) is 2. The topological polar surface area (TPSA) is 50.7 Å². The molecular formula is C14H29NO3. The highest BCUT2D eigenvalue weighted by Gasteiger charge is 2.18. The third kappa shape index (κ3) is 8.03. The van der Waals surface area contributed by atoms with Crippen LogP contribution in [-0.2, 0) is 9.47 Å². The maximum absolute atomic E-state index is 9.87. The number of aliphatic hydroxyl groups excluding tert-OH is 1. The zero-order chi connectivity index (χ0) is 13.1. The third-order valence-electron chi connectivity index (χ3n) is 3.53. The summed E-state index contributed by atoms with van der Waals surface area (Å²) in [5.41, 5.74) is 0. The van der Waals surface area contributed by atoms with Crippen LogP contribution in [-0.4, -0.2) is 51.2 Å². The van der Waals surface area contributed by atoms with Crippen molar-refractivity contribution in [3.8, 4) is 0 Å². The minimum absolute atomic E-state index is 0.178. The molecule has 0 spiro atoms. The van der Waals surface area contributed by atoms with Crippen LogP contribution in [0.15, 0.2) is 0 Å². The Hall–Kier alpha value is -0.160. The first-order valence-corrected chi connectivity index (χ1v) is 7.28. The van der Waals surface area contributed by atoms with E-state index in [1.54, 1.807) is 7.11 Å². The molecule has 4 nitrogen and oxygen atoms in total. The Morgan fingerprint density at radius 1 is 1.22 bits per heavy atom. The molecule has 18 heavy (non-hydrogen) atoms. The van der Waals surface area contributed by atoms with Crippen LogP contribution in [0.1, 0.15) is 38.5 Å². The summed E-state index contributed by atoms with van der Waals surface area (Å²) < 4.78 is 10.3. The van der Waals surface area contributed by atoms with Gasteiger partial charge in [0.2, 0.25) is 0 Å². The number of aliphatic hydroxyl groups is 1. The van der Waals surface area contributed by atoms with Crippen LogP contribution in [0.3, 0.4) is 0 Å². The van der Waals surface area contributed by atoms with E-state index in [0.29, 0.717) is 19.8 Å². The molecule has 0 aromatic carbocycles. The number of methoxy groups -OCH3 is 1. The molecule has 1 atom stereocenters. The monoisotopic (exact) mass is 259 g/mol. The molecule has 2 N–H and O–H groups in total. The Bertz CT molecular complexity index is 184. The summed E-state index contributed by atoms with van der Waals surface area (Å²) >= 11 is 0. The molecule has 1 fully saturated rings. The first-order valence-electron chi connectivity index (χ1n) is 7.28. The summed E-state index contributed by atoms with van der Waals surface area (Å²) in [6.07, 6.45) is 7.10. The summed E-state index contributed by atoms with van der Waals surface area (Å²) in [6.45, 7) is 3.71. The van der Waals surface area contributed by atoms with E-state index in [1.165, 1.54) is 25.7 Å². The van der Waals surface area contributed by atoms with Crippen molar-refractivity contribution in [3.63, 3.8) is 0 Å². The molecular weight excluding hydrogens is 230 g/mol. The highest BCUT2D eigenvalue weighted by atomic mass is 16.5. The summed E-state index contributed by atoms with van der Waals surface area (Å²) in [5, 5.41) is 13.2. The molecule has 1 saturated carbocycles. The average molecular weight is 259 g/mol. The van der Waals surface area contributed by atoms with Gasteiger partial charge in [-0.1, -0.05) is 25.7 Å². The van der Waals surface area contributed by atoms with E-state index in [4.69, 9.17) is 9.47 Å². The molecule has 0 bridgehead atoms. The van der Waals surface area contributed by atoms with Gasteiger partial charge in [0.15, 0.2) is 0 Å². The lowest BCUT2D eigenvalue weighted by Crippen LogP contribution is -2.29. The normalized spacial score (nSPS) is 18.3. The van der Waals surface area contributed by atoms with Gasteiger partial charge < -0.3 is 19.9 Å². The summed E-state index contributed by atoms with van der Waals surface area (Å²) in [5.74, 6) is 0.763. The summed E-state index contributed by atoms with van der Waals surface area (Å²) in [4.78, 5) is 0. The van der Waals surface area contributed by atoms with Crippen LogP contribution in [0.25, 0.3) is 0 Å².